The van der Waals surface area contributed by atoms with Gasteiger partial charge in [0.05, 0.1) is 25.0 Å². The summed E-state index contributed by atoms with van der Waals surface area (Å²) < 4.78 is 4.51. The van der Waals surface area contributed by atoms with Crippen LogP contribution in [0.25, 0.3) is 11.3 Å². The predicted molar refractivity (Wildman–Crippen MR) is 92.7 cm³/mol. The number of ether oxygens (including phenoxy) is 1. The van der Waals surface area contributed by atoms with Gasteiger partial charge in [-0.3, -0.25) is 4.79 Å². The van der Waals surface area contributed by atoms with Crippen LogP contribution >= 0.6 is 0 Å². The zero-order chi connectivity index (χ0) is 17.8. The molecule has 2 amide bonds. The number of aromatic amines is 1. The SMILES string of the molecule is COC(=O)NCC(=O)N1CC(C)CC1c1ncc(-c2ccccc2)[nH]1. The maximum atomic E-state index is 12.5. The summed E-state index contributed by atoms with van der Waals surface area (Å²) in [5, 5.41) is 2.44. The Balaban J connectivity index is 1.75. The summed E-state index contributed by atoms with van der Waals surface area (Å²) in [5.74, 6) is 1.00. The highest BCUT2D eigenvalue weighted by atomic mass is 16.5. The number of benzene rings is 1. The fourth-order valence-corrected chi connectivity index (χ4v) is 3.17. The van der Waals surface area contributed by atoms with E-state index in [4.69, 9.17) is 0 Å². The molecule has 0 radical (unpaired) electrons. The minimum absolute atomic E-state index is 0.0812. The van der Waals surface area contributed by atoms with Crippen LogP contribution in [-0.4, -0.2) is 47.1 Å². The summed E-state index contributed by atoms with van der Waals surface area (Å²) in [6.45, 7) is 2.67. The van der Waals surface area contributed by atoms with Gasteiger partial charge in [0, 0.05) is 6.54 Å². The van der Waals surface area contributed by atoms with Gasteiger partial charge in [0.15, 0.2) is 0 Å². The van der Waals surface area contributed by atoms with Crippen molar-refractivity contribution in [2.24, 2.45) is 5.92 Å². The Morgan fingerprint density at radius 3 is 2.84 bits per heavy atom. The van der Waals surface area contributed by atoms with Crippen molar-refractivity contribution in [1.29, 1.82) is 0 Å². The summed E-state index contributed by atoms with van der Waals surface area (Å²) in [6, 6.07) is 9.83. The fraction of sp³-hybridized carbons (Fsp3) is 0.389. The molecule has 1 fully saturated rings. The quantitative estimate of drug-likeness (QED) is 0.893. The lowest BCUT2D eigenvalue weighted by Gasteiger charge is -2.23. The zero-order valence-electron chi connectivity index (χ0n) is 14.4. The number of carbonyl (C=O) groups excluding carboxylic acids is 2. The Labute approximate surface area is 146 Å². The number of alkyl carbamates (subject to hydrolysis) is 1. The van der Waals surface area contributed by atoms with Gasteiger partial charge in [-0.15, -0.1) is 0 Å². The molecule has 2 N–H and O–H groups in total. The molecule has 3 rings (SSSR count). The fourth-order valence-electron chi connectivity index (χ4n) is 3.17. The topological polar surface area (TPSA) is 87.3 Å². The molecule has 1 aliphatic rings. The van der Waals surface area contributed by atoms with E-state index < -0.39 is 6.09 Å². The van der Waals surface area contributed by atoms with Crippen molar-refractivity contribution in [2.75, 3.05) is 20.2 Å². The van der Waals surface area contributed by atoms with Crippen LogP contribution in [0.1, 0.15) is 25.2 Å². The number of likely N-dealkylation sites (tertiary alicyclic amines) is 1. The number of aromatic nitrogens is 2. The number of hydrogen-bond acceptors (Lipinski definition) is 4. The van der Waals surface area contributed by atoms with Crippen LogP contribution in [0.2, 0.25) is 0 Å². The van der Waals surface area contributed by atoms with Crippen molar-refractivity contribution in [3.8, 4) is 11.3 Å². The molecule has 2 atom stereocenters. The van der Waals surface area contributed by atoms with Crippen molar-refractivity contribution in [3.05, 3.63) is 42.4 Å². The third-order valence-corrected chi connectivity index (χ3v) is 4.40. The molecule has 1 aromatic heterocycles. The Bertz CT molecular complexity index is 744. The number of H-pyrrole nitrogens is 1. The predicted octanol–water partition coefficient (Wildman–Crippen LogP) is 2.34. The highest BCUT2D eigenvalue weighted by molar-refractivity contribution is 5.82. The maximum absolute atomic E-state index is 12.5. The van der Waals surface area contributed by atoms with Crippen LogP contribution in [0.3, 0.4) is 0 Å². The monoisotopic (exact) mass is 342 g/mol. The van der Waals surface area contributed by atoms with Crippen molar-refractivity contribution in [3.63, 3.8) is 0 Å². The van der Waals surface area contributed by atoms with Gasteiger partial charge in [-0.25, -0.2) is 9.78 Å². The van der Waals surface area contributed by atoms with Gasteiger partial charge in [-0.2, -0.15) is 0 Å². The Hall–Kier alpha value is -2.83. The molecular formula is C18H22N4O3. The molecule has 2 unspecified atom stereocenters. The van der Waals surface area contributed by atoms with Gasteiger partial charge in [-0.1, -0.05) is 37.3 Å². The summed E-state index contributed by atoms with van der Waals surface area (Å²) in [6.07, 6.45) is 2.02. The highest BCUT2D eigenvalue weighted by Crippen LogP contribution is 2.34. The van der Waals surface area contributed by atoms with Crippen molar-refractivity contribution in [2.45, 2.75) is 19.4 Å². The molecule has 2 heterocycles. The summed E-state index contributed by atoms with van der Waals surface area (Å²) in [7, 11) is 1.27. The largest absolute Gasteiger partial charge is 0.453 e. The van der Waals surface area contributed by atoms with E-state index in [0.29, 0.717) is 12.5 Å². The Morgan fingerprint density at radius 2 is 2.12 bits per heavy atom. The lowest BCUT2D eigenvalue weighted by atomic mass is 10.1. The first kappa shape index (κ1) is 17.0. The molecule has 0 saturated carbocycles. The van der Waals surface area contributed by atoms with Crippen molar-refractivity contribution < 1.29 is 14.3 Å². The number of amides is 2. The molecule has 1 aromatic carbocycles. The summed E-state index contributed by atoms with van der Waals surface area (Å²) >= 11 is 0. The van der Waals surface area contributed by atoms with E-state index >= 15 is 0 Å². The van der Waals surface area contributed by atoms with Crippen LogP contribution in [0.5, 0.6) is 0 Å². The van der Waals surface area contributed by atoms with E-state index in [1.807, 2.05) is 30.3 Å². The van der Waals surface area contributed by atoms with Crippen LogP contribution in [0, 0.1) is 5.92 Å². The van der Waals surface area contributed by atoms with Crippen LogP contribution in [-0.2, 0) is 9.53 Å². The lowest BCUT2D eigenvalue weighted by molar-refractivity contribution is -0.131. The van der Waals surface area contributed by atoms with Gasteiger partial charge < -0.3 is 19.9 Å². The third-order valence-electron chi connectivity index (χ3n) is 4.40. The standard InChI is InChI=1S/C18H22N4O3/c1-12-8-15(22(11-12)16(23)10-20-18(24)25-2)17-19-9-14(21-17)13-6-4-3-5-7-13/h3-7,9,12,15H,8,10-11H2,1-2H3,(H,19,21)(H,20,24). The van der Waals surface area contributed by atoms with E-state index in [1.54, 1.807) is 11.1 Å². The number of carbonyl (C=O) groups is 2. The average Bonchev–Trinajstić information content (AvgIpc) is 3.26. The Kier molecular flexibility index (Phi) is 5.02. The Morgan fingerprint density at radius 1 is 1.36 bits per heavy atom. The molecule has 0 bridgehead atoms. The third kappa shape index (κ3) is 3.81. The molecule has 2 aromatic rings. The van der Waals surface area contributed by atoms with Gasteiger partial charge in [-0.05, 0) is 17.9 Å². The first-order valence-corrected chi connectivity index (χ1v) is 8.30. The molecule has 132 valence electrons. The van der Waals surface area contributed by atoms with Crippen molar-refractivity contribution >= 4 is 12.0 Å². The maximum Gasteiger partial charge on any atom is 0.407 e. The minimum Gasteiger partial charge on any atom is -0.453 e. The zero-order valence-corrected chi connectivity index (χ0v) is 14.4. The van der Waals surface area contributed by atoms with Crippen LogP contribution in [0.15, 0.2) is 36.5 Å². The van der Waals surface area contributed by atoms with Crippen LogP contribution < -0.4 is 5.32 Å². The summed E-state index contributed by atoms with van der Waals surface area (Å²) in [5.41, 5.74) is 1.98. The van der Waals surface area contributed by atoms with E-state index in [1.165, 1.54) is 7.11 Å². The number of methoxy groups -OCH3 is 1. The number of nitrogens with zero attached hydrogens (tertiary/aromatic N) is 2. The van der Waals surface area contributed by atoms with Gasteiger partial charge >= 0.3 is 6.09 Å². The molecule has 1 saturated heterocycles. The number of imidazole rings is 1. The minimum atomic E-state index is -0.610. The van der Waals surface area contributed by atoms with E-state index in [0.717, 1.165) is 23.5 Å². The van der Waals surface area contributed by atoms with Crippen molar-refractivity contribution in [1.82, 2.24) is 20.2 Å². The second-order valence-electron chi connectivity index (χ2n) is 6.30. The second kappa shape index (κ2) is 7.38. The first-order chi connectivity index (χ1) is 12.1. The molecular weight excluding hydrogens is 320 g/mol. The molecule has 7 heteroatoms. The van der Waals surface area contributed by atoms with E-state index in [-0.39, 0.29) is 18.5 Å². The smallest absolute Gasteiger partial charge is 0.407 e. The van der Waals surface area contributed by atoms with E-state index in [9.17, 15) is 9.59 Å². The molecule has 0 aliphatic carbocycles. The van der Waals surface area contributed by atoms with Gasteiger partial charge in [0.1, 0.15) is 12.4 Å². The van der Waals surface area contributed by atoms with Gasteiger partial charge in [0.2, 0.25) is 5.91 Å². The highest BCUT2D eigenvalue weighted by Gasteiger charge is 2.35. The normalized spacial score (nSPS) is 19.7. The average molecular weight is 342 g/mol. The van der Waals surface area contributed by atoms with Crippen LogP contribution in [0.4, 0.5) is 4.79 Å². The second-order valence-corrected chi connectivity index (χ2v) is 6.30. The molecule has 25 heavy (non-hydrogen) atoms. The summed E-state index contributed by atoms with van der Waals surface area (Å²) in [4.78, 5) is 33.3. The lowest BCUT2D eigenvalue weighted by Crippen LogP contribution is -2.40. The first-order valence-electron chi connectivity index (χ1n) is 8.30. The number of hydrogen-bond donors (Lipinski definition) is 2. The van der Waals surface area contributed by atoms with E-state index in [2.05, 4.69) is 26.9 Å². The number of nitrogens with one attached hydrogen (secondary N) is 2. The molecule has 0 spiro atoms. The number of rotatable bonds is 4. The van der Waals surface area contributed by atoms with Gasteiger partial charge in [0.25, 0.3) is 0 Å². The molecule has 1 aliphatic heterocycles. The molecule has 7 nitrogen and oxygen atoms in total.